The van der Waals surface area contributed by atoms with Crippen molar-refractivity contribution in [3.05, 3.63) is 48.2 Å². The van der Waals surface area contributed by atoms with E-state index in [4.69, 9.17) is 19.2 Å². The number of likely N-dealkylation sites (N-methyl/N-ethyl adjacent to an activating group) is 1. The molecule has 0 aliphatic carbocycles. The molecule has 0 radical (unpaired) electrons. The first-order valence-electron chi connectivity index (χ1n) is 12.4. The van der Waals surface area contributed by atoms with Crippen LogP contribution >= 0.6 is 0 Å². The molecule has 3 heterocycles. The average molecular weight is 513 g/mol. The number of ether oxygens (including phenoxy) is 3. The molecule has 1 aliphatic heterocycles. The van der Waals surface area contributed by atoms with Gasteiger partial charge in [-0.2, -0.15) is 4.98 Å². The molecule has 0 saturated carbocycles. The fourth-order valence-corrected chi connectivity index (χ4v) is 3.77. The number of carbonyl (C=O) groups excluding carboxylic acids is 1. The van der Waals surface area contributed by atoms with Gasteiger partial charge in [-0.05, 0) is 50.8 Å². The van der Waals surface area contributed by atoms with Gasteiger partial charge in [0, 0.05) is 30.8 Å². The summed E-state index contributed by atoms with van der Waals surface area (Å²) >= 11 is 0. The first-order valence-corrected chi connectivity index (χ1v) is 12.4. The Morgan fingerprint density at radius 2 is 1.95 bits per heavy atom. The van der Waals surface area contributed by atoms with Crippen LogP contribution in [0.15, 0.2) is 36.5 Å². The molecule has 4 rings (SSSR count). The summed E-state index contributed by atoms with van der Waals surface area (Å²) in [7, 11) is 3.84. The summed E-state index contributed by atoms with van der Waals surface area (Å²) in [6.45, 7) is 6.10. The highest BCUT2D eigenvalue weighted by Gasteiger charge is 2.49. The fourth-order valence-electron chi connectivity index (χ4n) is 3.77. The summed E-state index contributed by atoms with van der Waals surface area (Å²) in [5, 5.41) is 2.90. The van der Waals surface area contributed by atoms with Crippen LogP contribution in [0.3, 0.4) is 0 Å². The van der Waals surface area contributed by atoms with Gasteiger partial charge >= 0.3 is 11.8 Å². The number of aromatic nitrogens is 4. The van der Waals surface area contributed by atoms with Crippen molar-refractivity contribution in [2.24, 2.45) is 5.92 Å². The lowest BCUT2D eigenvalue weighted by molar-refractivity contribution is -0.277. The van der Waals surface area contributed by atoms with Gasteiger partial charge in [-0.3, -0.25) is 4.79 Å². The van der Waals surface area contributed by atoms with Crippen LogP contribution in [-0.2, 0) is 20.1 Å². The van der Waals surface area contributed by atoms with E-state index >= 15 is 0 Å². The van der Waals surface area contributed by atoms with Crippen LogP contribution in [0, 0.1) is 11.7 Å². The van der Waals surface area contributed by atoms with Crippen molar-refractivity contribution in [1.29, 1.82) is 0 Å². The Balaban J connectivity index is 1.79. The van der Waals surface area contributed by atoms with Crippen LogP contribution < -0.4 is 10.1 Å². The Kier molecular flexibility index (Phi) is 8.47. The predicted octanol–water partition coefficient (Wildman–Crippen LogP) is 2.98. The highest BCUT2D eigenvalue weighted by atomic mass is 19.1. The maximum absolute atomic E-state index is 13.7. The lowest BCUT2D eigenvalue weighted by Gasteiger charge is -2.36. The zero-order valence-electron chi connectivity index (χ0n) is 21.6. The van der Waals surface area contributed by atoms with Gasteiger partial charge in [0.05, 0.1) is 36.9 Å². The molecule has 2 aromatic heterocycles. The van der Waals surface area contributed by atoms with Gasteiger partial charge in [0.25, 0.3) is 5.91 Å². The maximum Gasteiger partial charge on any atom is 0.316 e. The molecule has 0 unspecified atom stereocenters. The molecule has 0 atom stereocenters. The first-order chi connectivity index (χ1) is 17.8. The minimum absolute atomic E-state index is 0.105. The second kappa shape index (κ2) is 11.8. The summed E-state index contributed by atoms with van der Waals surface area (Å²) in [5.74, 6) is -2.33. The summed E-state index contributed by atoms with van der Waals surface area (Å²) in [6.07, 6.45) is 2.39. The topological polar surface area (TPSA) is 114 Å². The first kappa shape index (κ1) is 26.6. The highest BCUT2D eigenvalue weighted by Crippen LogP contribution is 2.37. The molecule has 1 fully saturated rings. The van der Waals surface area contributed by atoms with Crippen LogP contribution in [-0.4, -0.2) is 77.7 Å². The Bertz CT molecular complexity index is 1190. The minimum atomic E-state index is -1.78. The average Bonchev–Trinajstić information content (AvgIpc) is 3.34. The molecule has 1 aromatic carbocycles. The van der Waals surface area contributed by atoms with E-state index in [2.05, 4.69) is 20.3 Å². The summed E-state index contributed by atoms with van der Waals surface area (Å²) in [6, 6.07) is 7.85. The number of hydrogen-bond donors (Lipinski definition) is 2. The number of carbonyl (C=O) groups is 1. The third kappa shape index (κ3) is 6.12. The minimum Gasteiger partial charge on any atom is -0.463 e. The number of imidazole rings is 1. The van der Waals surface area contributed by atoms with E-state index in [1.54, 1.807) is 24.4 Å². The van der Waals surface area contributed by atoms with Crippen molar-refractivity contribution in [3.63, 3.8) is 0 Å². The van der Waals surface area contributed by atoms with E-state index in [1.807, 2.05) is 32.8 Å². The standard InChI is InChI=1S/C26H33FN6O4/c1-5-14-35-25-29-11-10-20(30-25)22-21(18-6-8-19(27)9-7-18)31-23(32-22)26(36-15-17(2)16-37-26)24(34)28-12-13-33(3)4/h6-11,17H,5,12-16H2,1-4H3,(H,28,34)(H,31,32). The number of benzene rings is 1. The second-order valence-corrected chi connectivity index (χ2v) is 9.29. The molecule has 1 saturated heterocycles. The van der Waals surface area contributed by atoms with E-state index in [-0.39, 0.29) is 23.6 Å². The zero-order chi connectivity index (χ0) is 26.4. The highest BCUT2D eigenvalue weighted by molar-refractivity contribution is 5.86. The number of hydrogen-bond acceptors (Lipinski definition) is 8. The largest absolute Gasteiger partial charge is 0.463 e. The Labute approximate surface area is 215 Å². The number of nitrogens with zero attached hydrogens (tertiary/aromatic N) is 4. The monoisotopic (exact) mass is 512 g/mol. The second-order valence-electron chi connectivity index (χ2n) is 9.29. The predicted molar refractivity (Wildman–Crippen MR) is 135 cm³/mol. The van der Waals surface area contributed by atoms with Gasteiger partial charge in [0.2, 0.25) is 0 Å². The van der Waals surface area contributed by atoms with Gasteiger partial charge in [-0.15, -0.1) is 0 Å². The third-order valence-electron chi connectivity index (χ3n) is 5.74. The van der Waals surface area contributed by atoms with Crippen LogP contribution in [0.4, 0.5) is 4.39 Å². The lowest BCUT2D eigenvalue weighted by atomic mass is 10.1. The zero-order valence-corrected chi connectivity index (χ0v) is 21.6. The molecule has 0 bridgehead atoms. The van der Waals surface area contributed by atoms with Gasteiger partial charge in [0.15, 0.2) is 5.82 Å². The Morgan fingerprint density at radius 1 is 1.22 bits per heavy atom. The number of H-pyrrole nitrogens is 1. The SMILES string of the molecule is CCCOc1nccc(-c2[nH]c(C3(C(=O)NCCN(C)C)OCC(C)CO3)nc2-c2ccc(F)cc2)n1. The van der Waals surface area contributed by atoms with Crippen LogP contribution in [0.2, 0.25) is 0 Å². The quantitative estimate of drug-likeness (QED) is 0.426. The molecule has 1 aliphatic rings. The van der Waals surface area contributed by atoms with Gasteiger partial charge in [-0.1, -0.05) is 13.8 Å². The number of halogens is 1. The molecule has 10 nitrogen and oxygen atoms in total. The molecule has 198 valence electrons. The van der Waals surface area contributed by atoms with Gasteiger partial charge in [-0.25, -0.2) is 14.4 Å². The lowest BCUT2D eigenvalue weighted by Crippen LogP contribution is -2.54. The summed E-state index contributed by atoms with van der Waals surface area (Å²) in [5.41, 5.74) is 2.07. The Morgan fingerprint density at radius 3 is 2.62 bits per heavy atom. The molecular weight excluding hydrogens is 479 g/mol. The van der Waals surface area contributed by atoms with E-state index in [0.717, 1.165) is 6.42 Å². The van der Waals surface area contributed by atoms with E-state index < -0.39 is 11.7 Å². The van der Waals surface area contributed by atoms with Crippen molar-refractivity contribution >= 4 is 5.91 Å². The molecule has 1 amide bonds. The maximum atomic E-state index is 13.7. The van der Waals surface area contributed by atoms with Crippen LogP contribution in [0.1, 0.15) is 26.1 Å². The Hall–Kier alpha value is -3.41. The van der Waals surface area contributed by atoms with E-state index in [9.17, 15) is 9.18 Å². The van der Waals surface area contributed by atoms with E-state index in [1.165, 1.54) is 12.1 Å². The van der Waals surface area contributed by atoms with Crippen molar-refractivity contribution in [3.8, 4) is 28.7 Å². The fraction of sp³-hybridized carbons (Fsp3) is 0.462. The van der Waals surface area contributed by atoms with Gasteiger partial charge < -0.3 is 29.4 Å². The number of nitrogens with one attached hydrogen (secondary N) is 2. The van der Waals surface area contributed by atoms with Crippen molar-refractivity contribution in [1.82, 2.24) is 30.2 Å². The normalized spacial score (nSPS) is 19.7. The molecule has 11 heteroatoms. The third-order valence-corrected chi connectivity index (χ3v) is 5.74. The van der Waals surface area contributed by atoms with Gasteiger partial charge in [0.1, 0.15) is 5.82 Å². The number of rotatable bonds is 10. The number of aromatic amines is 1. The van der Waals surface area contributed by atoms with E-state index in [0.29, 0.717) is 55.6 Å². The number of amides is 1. The molecule has 37 heavy (non-hydrogen) atoms. The molecule has 0 spiro atoms. The van der Waals surface area contributed by atoms with Crippen molar-refractivity contribution in [2.45, 2.75) is 26.1 Å². The molecule has 3 aromatic rings. The van der Waals surface area contributed by atoms with Crippen molar-refractivity contribution < 1.29 is 23.4 Å². The smallest absolute Gasteiger partial charge is 0.316 e. The summed E-state index contributed by atoms with van der Waals surface area (Å²) < 4.78 is 31.4. The van der Waals surface area contributed by atoms with Crippen LogP contribution in [0.25, 0.3) is 22.6 Å². The molecule has 2 N–H and O–H groups in total. The summed E-state index contributed by atoms with van der Waals surface area (Å²) in [4.78, 5) is 32.1. The van der Waals surface area contributed by atoms with Crippen LogP contribution in [0.5, 0.6) is 6.01 Å². The van der Waals surface area contributed by atoms with Crippen molar-refractivity contribution in [2.75, 3.05) is 47.0 Å². The molecular formula is C26H33FN6O4.